The summed E-state index contributed by atoms with van der Waals surface area (Å²) in [5.74, 6) is -0.0449. The maximum atomic E-state index is 10.8. The maximum absolute atomic E-state index is 10.8. The Hall–Kier alpha value is -0.410. The first-order chi connectivity index (χ1) is 4.63. The van der Waals surface area contributed by atoms with E-state index in [-0.39, 0.29) is 17.6 Å². The molecule has 1 fully saturated rings. The molecule has 3 atom stereocenters. The predicted octanol–water partition coefficient (Wildman–Crippen LogP) is 0.176. The van der Waals surface area contributed by atoms with E-state index >= 15 is 0 Å². The van der Waals surface area contributed by atoms with Crippen molar-refractivity contribution in [1.82, 2.24) is 0 Å². The van der Waals surface area contributed by atoms with Crippen LogP contribution in [-0.4, -0.2) is 23.8 Å². The molecule has 58 valence electrons. The Labute approximate surface area is 60.0 Å². The zero-order chi connectivity index (χ0) is 7.72. The summed E-state index contributed by atoms with van der Waals surface area (Å²) in [5, 5.41) is 9.04. The molecule has 10 heavy (non-hydrogen) atoms. The van der Waals surface area contributed by atoms with Crippen LogP contribution in [0.2, 0.25) is 0 Å². The van der Waals surface area contributed by atoms with Crippen molar-refractivity contribution in [3.8, 4) is 0 Å². The van der Waals surface area contributed by atoms with Crippen molar-refractivity contribution in [2.24, 2.45) is 11.8 Å². The molecule has 0 spiro atoms. The van der Waals surface area contributed by atoms with Gasteiger partial charge in [0.2, 0.25) is 0 Å². The summed E-state index contributed by atoms with van der Waals surface area (Å²) in [6, 6.07) is 0. The summed E-state index contributed by atoms with van der Waals surface area (Å²) in [6.07, 6.45) is -0.742. The summed E-state index contributed by atoms with van der Waals surface area (Å²) >= 11 is 0. The van der Waals surface area contributed by atoms with E-state index in [0.717, 1.165) is 0 Å². The van der Waals surface area contributed by atoms with Crippen LogP contribution < -0.4 is 0 Å². The Bertz CT molecular complexity index is 144. The molecule has 1 N–H and O–H groups in total. The van der Waals surface area contributed by atoms with Gasteiger partial charge in [-0.2, -0.15) is 0 Å². The number of hydrogen-bond donors (Lipinski definition) is 1. The van der Waals surface area contributed by atoms with E-state index in [2.05, 4.69) is 0 Å². The Morgan fingerprint density at radius 3 is 2.50 bits per heavy atom. The number of aliphatic hydroxyl groups is 1. The molecule has 1 heterocycles. The Morgan fingerprint density at radius 1 is 1.70 bits per heavy atom. The molecule has 0 saturated carbocycles. The normalized spacial score (nSPS) is 40.1. The first-order valence-electron chi connectivity index (χ1n) is 3.43. The Morgan fingerprint density at radius 2 is 2.30 bits per heavy atom. The first-order valence-corrected chi connectivity index (χ1v) is 3.43. The Kier molecular flexibility index (Phi) is 2.06. The molecule has 0 aliphatic carbocycles. The van der Waals surface area contributed by atoms with Gasteiger partial charge < -0.3 is 9.84 Å². The number of rotatable bonds is 1. The molecule has 0 aromatic carbocycles. The highest BCUT2D eigenvalue weighted by atomic mass is 16.6. The fraction of sp³-hybridized carbons (Fsp3) is 0.857. The van der Waals surface area contributed by atoms with Gasteiger partial charge in [0.15, 0.2) is 6.29 Å². The number of aliphatic hydroxyl groups excluding tert-OH is 1. The zero-order valence-corrected chi connectivity index (χ0v) is 6.20. The van der Waals surface area contributed by atoms with Crippen LogP contribution in [-0.2, 0) is 9.53 Å². The van der Waals surface area contributed by atoms with Crippen LogP contribution in [0.4, 0.5) is 0 Å². The average molecular weight is 144 g/mol. The van der Waals surface area contributed by atoms with E-state index < -0.39 is 6.29 Å². The van der Waals surface area contributed by atoms with Crippen LogP contribution in [0.3, 0.4) is 0 Å². The third-order valence-electron chi connectivity index (χ3n) is 2.05. The van der Waals surface area contributed by atoms with Gasteiger partial charge >= 0.3 is 0 Å². The molecule has 0 bridgehead atoms. The molecule has 1 rings (SSSR count). The molecule has 1 aliphatic heterocycles. The minimum Gasteiger partial charge on any atom is -0.368 e. The lowest BCUT2D eigenvalue weighted by molar-refractivity contribution is -0.121. The number of ether oxygens (including phenoxy) is 1. The van der Waals surface area contributed by atoms with Gasteiger partial charge in [0, 0.05) is 11.8 Å². The van der Waals surface area contributed by atoms with Crippen LogP contribution >= 0.6 is 0 Å². The predicted molar refractivity (Wildman–Crippen MR) is 35.3 cm³/mol. The average Bonchev–Trinajstić information content (AvgIpc) is 2.14. The summed E-state index contributed by atoms with van der Waals surface area (Å²) in [7, 11) is 0. The van der Waals surface area contributed by atoms with Gasteiger partial charge in [-0.15, -0.1) is 0 Å². The molecule has 0 aromatic heterocycles. The quantitative estimate of drug-likeness (QED) is 0.571. The van der Waals surface area contributed by atoms with Crippen molar-refractivity contribution < 1.29 is 14.6 Å². The van der Waals surface area contributed by atoms with Gasteiger partial charge in [0.25, 0.3) is 0 Å². The third kappa shape index (κ3) is 1.20. The van der Waals surface area contributed by atoms with E-state index in [0.29, 0.717) is 6.61 Å². The second-order valence-electron chi connectivity index (χ2n) is 2.80. The van der Waals surface area contributed by atoms with Gasteiger partial charge in [-0.25, -0.2) is 0 Å². The Balaban J connectivity index is 2.57. The minimum atomic E-state index is -0.742. The zero-order valence-electron chi connectivity index (χ0n) is 6.20. The molecule has 3 nitrogen and oxygen atoms in total. The summed E-state index contributed by atoms with van der Waals surface area (Å²) in [4.78, 5) is 10.8. The van der Waals surface area contributed by atoms with Gasteiger partial charge in [0.1, 0.15) is 5.78 Å². The minimum absolute atomic E-state index is 0.0440. The molecule has 1 saturated heterocycles. The van der Waals surface area contributed by atoms with Crippen LogP contribution in [0.1, 0.15) is 13.8 Å². The van der Waals surface area contributed by atoms with Gasteiger partial charge in [-0.1, -0.05) is 6.92 Å². The van der Waals surface area contributed by atoms with E-state index in [1.807, 2.05) is 6.92 Å². The maximum Gasteiger partial charge on any atom is 0.157 e. The molecule has 0 aromatic rings. The van der Waals surface area contributed by atoms with Crippen molar-refractivity contribution in [1.29, 1.82) is 0 Å². The lowest BCUT2D eigenvalue weighted by atomic mass is 9.94. The fourth-order valence-corrected chi connectivity index (χ4v) is 1.19. The number of hydrogen-bond acceptors (Lipinski definition) is 3. The van der Waals surface area contributed by atoms with E-state index in [1.165, 1.54) is 6.92 Å². The first kappa shape index (κ1) is 7.69. The number of carbonyl (C=O) groups is 1. The van der Waals surface area contributed by atoms with E-state index in [4.69, 9.17) is 9.84 Å². The largest absolute Gasteiger partial charge is 0.368 e. The van der Waals surface area contributed by atoms with Crippen molar-refractivity contribution >= 4 is 5.78 Å². The van der Waals surface area contributed by atoms with Crippen LogP contribution in [0, 0.1) is 11.8 Å². The van der Waals surface area contributed by atoms with Crippen molar-refractivity contribution in [2.45, 2.75) is 20.1 Å². The topological polar surface area (TPSA) is 46.5 Å². The molecule has 1 unspecified atom stereocenters. The number of ketones is 1. The SMILES string of the molecule is CC(=O)[C@@H]1COC(O)[C@@H]1C. The standard InChI is InChI=1S/C7H12O3/c1-4-6(5(2)8)3-10-7(4)9/h4,6-7,9H,3H2,1-2H3/t4-,6-,7?/m1/s1. The van der Waals surface area contributed by atoms with Gasteiger partial charge in [-0.05, 0) is 6.92 Å². The van der Waals surface area contributed by atoms with Crippen LogP contribution in [0.25, 0.3) is 0 Å². The van der Waals surface area contributed by atoms with Crippen molar-refractivity contribution in [2.75, 3.05) is 6.61 Å². The lowest BCUT2D eigenvalue weighted by Crippen LogP contribution is -2.21. The van der Waals surface area contributed by atoms with Crippen molar-refractivity contribution in [3.05, 3.63) is 0 Å². The molecule has 3 heteroatoms. The monoisotopic (exact) mass is 144 g/mol. The molecule has 0 amide bonds. The molecule has 1 aliphatic rings. The summed E-state index contributed by atoms with van der Waals surface area (Å²) < 4.78 is 4.87. The van der Waals surface area contributed by atoms with Gasteiger partial charge in [-0.3, -0.25) is 4.79 Å². The highest BCUT2D eigenvalue weighted by Gasteiger charge is 2.34. The molecule has 0 radical (unpaired) electrons. The molecular formula is C7H12O3. The lowest BCUT2D eigenvalue weighted by Gasteiger charge is -2.10. The summed E-state index contributed by atoms with van der Waals surface area (Å²) in [6.45, 7) is 3.73. The highest BCUT2D eigenvalue weighted by molar-refractivity contribution is 5.78. The highest BCUT2D eigenvalue weighted by Crippen LogP contribution is 2.25. The fourth-order valence-electron chi connectivity index (χ4n) is 1.19. The molecular weight excluding hydrogens is 132 g/mol. The van der Waals surface area contributed by atoms with Crippen LogP contribution in [0.15, 0.2) is 0 Å². The third-order valence-corrected chi connectivity index (χ3v) is 2.05. The smallest absolute Gasteiger partial charge is 0.157 e. The van der Waals surface area contributed by atoms with Crippen molar-refractivity contribution in [3.63, 3.8) is 0 Å². The second kappa shape index (κ2) is 2.68. The number of carbonyl (C=O) groups excluding carboxylic acids is 1. The number of Topliss-reactive ketones (excluding diaryl/α,β-unsaturated/α-hetero) is 1. The second-order valence-corrected chi connectivity index (χ2v) is 2.80. The van der Waals surface area contributed by atoms with E-state index in [1.54, 1.807) is 0 Å². The van der Waals surface area contributed by atoms with E-state index in [9.17, 15) is 4.79 Å². The van der Waals surface area contributed by atoms with Gasteiger partial charge in [0.05, 0.1) is 6.61 Å². The summed E-state index contributed by atoms with van der Waals surface area (Å²) in [5.41, 5.74) is 0. The van der Waals surface area contributed by atoms with Crippen LogP contribution in [0.5, 0.6) is 0 Å².